The van der Waals surface area contributed by atoms with E-state index in [0.717, 1.165) is 3.57 Å². The molecule has 2 aromatic rings. The Bertz CT molecular complexity index is 647. The average molecular weight is 407 g/mol. The van der Waals surface area contributed by atoms with E-state index in [4.69, 9.17) is 28.9 Å². The lowest BCUT2D eigenvalue weighted by molar-refractivity contribution is 0.102. The van der Waals surface area contributed by atoms with E-state index in [9.17, 15) is 4.79 Å². The number of hydrogen-bond donors (Lipinski definition) is 2. The Morgan fingerprint density at radius 1 is 1.16 bits per heavy atom. The molecule has 98 valence electrons. The fourth-order valence-electron chi connectivity index (χ4n) is 1.49. The van der Waals surface area contributed by atoms with Crippen molar-refractivity contribution < 1.29 is 4.79 Å². The van der Waals surface area contributed by atoms with Gasteiger partial charge in [0.1, 0.15) is 0 Å². The summed E-state index contributed by atoms with van der Waals surface area (Å²) >= 11 is 13.8. The van der Waals surface area contributed by atoms with Crippen LogP contribution in [0, 0.1) is 3.57 Å². The minimum atomic E-state index is -0.242. The number of nitrogen functional groups attached to an aromatic ring is 1. The van der Waals surface area contributed by atoms with Gasteiger partial charge in [-0.25, -0.2) is 0 Å². The van der Waals surface area contributed by atoms with E-state index in [2.05, 4.69) is 27.9 Å². The summed E-state index contributed by atoms with van der Waals surface area (Å²) in [5.74, 6) is -0.242. The third-order valence-electron chi connectivity index (χ3n) is 2.43. The van der Waals surface area contributed by atoms with Gasteiger partial charge in [0, 0.05) is 14.3 Å². The van der Waals surface area contributed by atoms with Crippen molar-refractivity contribution in [3.8, 4) is 0 Å². The van der Waals surface area contributed by atoms with Gasteiger partial charge < -0.3 is 11.1 Å². The van der Waals surface area contributed by atoms with E-state index >= 15 is 0 Å². The van der Waals surface area contributed by atoms with Crippen molar-refractivity contribution in [1.29, 1.82) is 0 Å². The standard InChI is InChI=1S/C13H9Cl2IN2O/c14-7-1-4-11(16)9(5-7)13(19)18-8-2-3-10(15)12(17)6-8/h1-6H,17H2,(H,18,19). The van der Waals surface area contributed by atoms with Crippen LogP contribution in [0.4, 0.5) is 11.4 Å². The molecule has 0 heterocycles. The molecule has 2 aromatic carbocycles. The van der Waals surface area contributed by atoms with Crippen LogP contribution in [-0.2, 0) is 0 Å². The van der Waals surface area contributed by atoms with E-state index in [-0.39, 0.29) is 5.91 Å². The number of carbonyl (C=O) groups is 1. The summed E-state index contributed by atoms with van der Waals surface area (Å²) in [6, 6.07) is 10.1. The second kappa shape index (κ2) is 5.98. The molecule has 2 rings (SSSR count). The van der Waals surface area contributed by atoms with Gasteiger partial charge in [0.05, 0.1) is 16.3 Å². The summed E-state index contributed by atoms with van der Waals surface area (Å²) in [6.07, 6.45) is 0. The van der Waals surface area contributed by atoms with Crippen LogP contribution in [0.3, 0.4) is 0 Å². The Balaban J connectivity index is 2.25. The number of nitrogens with one attached hydrogen (secondary N) is 1. The van der Waals surface area contributed by atoms with E-state index in [1.54, 1.807) is 36.4 Å². The van der Waals surface area contributed by atoms with Gasteiger partial charge in [-0.3, -0.25) is 4.79 Å². The molecular weight excluding hydrogens is 398 g/mol. The molecule has 0 aliphatic rings. The molecule has 0 aromatic heterocycles. The molecule has 0 aliphatic carbocycles. The van der Waals surface area contributed by atoms with Gasteiger partial charge in [0.15, 0.2) is 0 Å². The third kappa shape index (κ3) is 3.52. The minimum Gasteiger partial charge on any atom is -0.397 e. The number of benzene rings is 2. The van der Waals surface area contributed by atoms with Crippen LogP contribution in [0.1, 0.15) is 10.4 Å². The van der Waals surface area contributed by atoms with Crippen LogP contribution in [0.15, 0.2) is 36.4 Å². The summed E-state index contributed by atoms with van der Waals surface area (Å²) in [7, 11) is 0. The Morgan fingerprint density at radius 3 is 2.58 bits per heavy atom. The van der Waals surface area contributed by atoms with Gasteiger partial charge in [0.25, 0.3) is 5.91 Å². The van der Waals surface area contributed by atoms with Crippen LogP contribution in [-0.4, -0.2) is 5.91 Å². The zero-order chi connectivity index (χ0) is 14.0. The molecule has 3 nitrogen and oxygen atoms in total. The Labute approximate surface area is 134 Å². The van der Waals surface area contributed by atoms with Crippen LogP contribution in [0.25, 0.3) is 0 Å². The first-order valence-electron chi connectivity index (χ1n) is 5.29. The normalized spacial score (nSPS) is 10.3. The highest BCUT2D eigenvalue weighted by molar-refractivity contribution is 14.1. The number of nitrogens with two attached hydrogens (primary N) is 1. The third-order valence-corrected chi connectivity index (χ3v) is 3.95. The molecule has 0 bridgehead atoms. The van der Waals surface area contributed by atoms with E-state index in [0.29, 0.717) is 27.0 Å². The lowest BCUT2D eigenvalue weighted by Gasteiger charge is -2.08. The van der Waals surface area contributed by atoms with Crippen LogP contribution >= 0.6 is 45.8 Å². The highest BCUT2D eigenvalue weighted by Crippen LogP contribution is 2.24. The minimum absolute atomic E-state index is 0.242. The fraction of sp³-hybridized carbons (Fsp3) is 0. The average Bonchev–Trinajstić information content (AvgIpc) is 2.36. The fourth-order valence-corrected chi connectivity index (χ4v) is 2.36. The van der Waals surface area contributed by atoms with Gasteiger partial charge >= 0.3 is 0 Å². The van der Waals surface area contributed by atoms with E-state index < -0.39 is 0 Å². The highest BCUT2D eigenvalue weighted by atomic mass is 127. The molecule has 0 fully saturated rings. The van der Waals surface area contributed by atoms with Crippen molar-refractivity contribution in [2.24, 2.45) is 0 Å². The molecule has 0 atom stereocenters. The van der Waals surface area contributed by atoms with Gasteiger partial charge in [-0.1, -0.05) is 23.2 Å². The number of hydrogen-bond acceptors (Lipinski definition) is 2. The number of rotatable bonds is 2. The van der Waals surface area contributed by atoms with Crippen LogP contribution in [0.2, 0.25) is 10.0 Å². The number of carbonyl (C=O) groups excluding carboxylic acids is 1. The Kier molecular flexibility index (Phi) is 4.54. The van der Waals surface area contributed by atoms with Gasteiger partial charge in [-0.05, 0) is 59.0 Å². The quantitative estimate of drug-likeness (QED) is 0.572. The first-order valence-corrected chi connectivity index (χ1v) is 7.12. The highest BCUT2D eigenvalue weighted by Gasteiger charge is 2.11. The summed E-state index contributed by atoms with van der Waals surface area (Å²) < 4.78 is 0.821. The molecule has 0 radical (unpaired) electrons. The number of amides is 1. The van der Waals surface area contributed by atoms with Crippen molar-refractivity contribution in [1.82, 2.24) is 0 Å². The monoisotopic (exact) mass is 406 g/mol. The molecule has 3 N–H and O–H groups in total. The molecular formula is C13H9Cl2IN2O. The molecule has 6 heteroatoms. The maximum absolute atomic E-state index is 12.1. The van der Waals surface area contributed by atoms with Crippen molar-refractivity contribution in [3.05, 3.63) is 55.6 Å². The van der Waals surface area contributed by atoms with Crippen LogP contribution < -0.4 is 11.1 Å². The van der Waals surface area contributed by atoms with Crippen LogP contribution in [0.5, 0.6) is 0 Å². The summed E-state index contributed by atoms with van der Waals surface area (Å²) in [5.41, 5.74) is 7.20. The second-order valence-corrected chi connectivity index (χ2v) is 5.82. The maximum Gasteiger partial charge on any atom is 0.256 e. The first kappa shape index (κ1) is 14.4. The SMILES string of the molecule is Nc1cc(NC(=O)c2cc(Cl)ccc2I)ccc1Cl. The number of anilines is 2. The Hall–Kier alpha value is -0.980. The first-order chi connectivity index (χ1) is 8.97. The largest absolute Gasteiger partial charge is 0.397 e. The van der Waals surface area contributed by atoms with Crippen molar-refractivity contribution in [2.75, 3.05) is 11.1 Å². The molecule has 0 saturated heterocycles. The zero-order valence-electron chi connectivity index (χ0n) is 9.58. The molecule has 0 spiro atoms. The Morgan fingerprint density at radius 2 is 1.89 bits per heavy atom. The maximum atomic E-state index is 12.1. The van der Waals surface area contributed by atoms with E-state index in [1.165, 1.54) is 0 Å². The topological polar surface area (TPSA) is 55.1 Å². The van der Waals surface area contributed by atoms with E-state index in [1.807, 2.05) is 0 Å². The predicted octanol–water partition coefficient (Wildman–Crippen LogP) is 4.43. The predicted molar refractivity (Wildman–Crippen MR) is 88.0 cm³/mol. The van der Waals surface area contributed by atoms with Crippen molar-refractivity contribution >= 4 is 63.1 Å². The zero-order valence-corrected chi connectivity index (χ0v) is 13.3. The molecule has 19 heavy (non-hydrogen) atoms. The number of halogens is 3. The van der Waals surface area contributed by atoms with Gasteiger partial charge in [-0.15, -0.1) is 0 Å². The summed E-state index contributed by atoms with van der Waals surface area (Å²) in [5, 5.41) is 3.72. The molecule has 1 amide bonds. The summed E-state index contributed by atoms with van der Waals surface area (Å²) in [6.45, 7) is 0. The second-order valence-electron chi connectivity index (χ2n) is 3.81. The van der Waals surface area contributed by atoms with Crippen molar-refractivity contribution in [3.63, 3.8) is 0 Å². The lowest BCUT2D eigenvalue weighted by Crippen LogP contribution is -2.13. The smallest absolute Gasteiger partial charge is 0.256 e. The molecule has 0 unspecified atom stereocenters. The molecule has 0 saturated carbocycles. The van der Waals surface area contributed by atoms with Crippen molar-refractivity contribution in [2.45, 2.75) is 0 Å². The summed E-state index contributed by atoms with van der Waals surface area (Å²) in [4.78, 5) is 12.1. The molecule has 0 aliphatic heterocycles. The van der Waals surface area contributed by atoms with Gasteiger partial charge in [-0.2, -0.15) is 0 Å². The van der Waals surface area contributed by atoms with Gasteiger partial charge in [0.2, 0.25) is 0 Å². The lowest BCUT2D eigenvalue weighted by atomic mass is 10.2.